The number of fused-ring (bicyclic) bond motifs is 1. The fourth-order valence-corrected chi connectivity index (χ4v) is 2.77. The lowest BCUT2D eigenvalue weighted by Gasteiger charge is -2.15. The van der Waals surface area contributed by atoms with Gasteiger partial charge in [-0.05, 0) is 25.0 Å². The molecular weight excluding hydrogens is 339 g/mol. The van der Waals surface area contributed by atoms with Crippen molar-refractivity contribution in [3.8, 4) is 0 Å². The van der Waals surface area contributed by atoms with Crippen molar-refractivity contribution in [1.29, 1.82) is 0 Å². The van der Waals surface area contributed by atoms with Gasteiger partial charge in [-0.25, -0.2) is 13.9 Å². The maximum absolute atomic E-state index is 13.7. The zero-order valence-corrected chi connectivity index (χ0v) is 14.2. The number of aliphatic hydroxyl groups excluding tert-OH is 1. The molecule has 0 fully saturated rings. The highest BCUT2D eigenvalue weighted by atomic mass is 19.1. The quantitative estimate of drug-likeness (QED) is 0.613. The standard InChI is InChI=1S/C18H19FN4O3/c1-11-6-16(25)23-17(22-11)14(9-21-23)18(26)20-8-12(10-24)7-13-4-2-3-5-15(13)19/h2-6,9,12,21,24H,7-8,10H2,1H3,(H,20,26). The van der Waals surface area contributed by atoms with Gasteiger partial charge in [0.05, 0.1) is 0 Å². The molecule has 0 saturated heterocycles. The fourth-order valence-electron chi connectivity index (χ4n) is 2.77. The average Bonchev–Trinajstić information content (AvgIpc) is 3.04. The Bertz CT molecular complexity index is 996. The second-order valence-electron chi connectivity index (χ2n) is 6.14. The molecular formula is C18H19FN4O3. The molecule has 3 aromatic rings. The van der Waals surface area contributed by atoms with E-state index in [-0.39, 0.29) is 41.7 Å². The van der Waals surface area contributed by atoms with Gasteiger partial charge in [-0.3, -0.25) is 14.7 Å². The lowest BCUT2D eigenvalue weighted by molar-refractivity contribution is 0.0941. The molecule has 2 aromatic heterocycles. The van der Waals surface area contributed by atoms with Gasteiger partial charge in [0.25, 0.3) is 11.5 Å². The Morgan fingerprint density at radius 3 is 2.92 bits per heavy atom. The molecule has 0 aliphatic carbocycles. The molecule has 1 aromatic carbocycles. The molecule has 7 nitrogen and oxygen atoms in total. The second-order valence-corrected chi connectivity index (χ2v) is 6.14. The van der Waals surface area contributed by atoms with Crippen LogP contribution in [0.1, 0.15) is 21.6 Å². The summed E-state index contributed by atoms with van der Waals surface area (Å²) in [5, 5.41) is 14.9. The van der Waals surface area contributed by atoms with E-state index in [1.165, 1.54) is 22.8 Å². The first-order valence-electron chi connectivity index (χ1n) is 8.20. The first-order chi connectivity index (χ1) is 12.5. The van der Waals surface area contributed by atoms with Gasteiger partial charge in [0.15, 0.2) is 5.65 Å². The number of benzene rings is 1. The van der Waals surface area contributed by atoms with Crippen LogP contribution in [-0.2, 0) is 6.42 Å². The molecule has 1 amide bonds. The van der Waals surface area contributed by atoms with E-state index < -0.39 is 5.91 Å². The van der Waals surface area contributed by atoms with Crippen LogP contribution in [0.5, 0.6) is 0 Å². The van der Waals surface area contributed by atoms with E-state index in [2.05, 4.69) is 15.4 Å². The zero-order chi connectivity index (χ0) is 18.7. The highest BCUT2D eigenvalue weighted by molar-refractivity contribution is 5.99. The molecule has 0 saturated carbocycles. The molecule has 1 atom stereocenters. The predicted molar refractivity (Wildman–Crippen MR) is 93.6 cm³/mol. The van der Waals surface area contributed by atoms with Crippen molar-refractivity contribution >= 4 is 11.6 Å². The van der Waals surface area contributed by atoms with Gasteiger partial charge >= 0.3 is 0 Å². The minimum atomic E-state index is -0.423. The molecule has 3 rings (SSSR count). The van der Waals surface area contributed by atoms with Crippen LogP contribution in [0.15, 0.2) is 41.3 Å². The first-order valence-corrected chi connectivity index (χ1v) is 8.20. The van der Waals surface area contributed by atoms with Crippen LogP contribution in [0.3, 0.4) is 0 Å². The van der Waals surface area contributed by atoms with Gasteiger partial charge in [-0.2, -0.15) is 0 Å². The largest absolute Gasteiger partial charge is 0.396 e. The first kappa shape index (κ1) is 17.8. The van der Waals surface area contributed by atoms with Crippen molar-refractivity contribution in [2.24, 2.45) is 5.92 Å². The van der Waals surface area contributed by atoms with Crippen molar-refractivity contribution in [1.82, 2.24) is 19.9 Å². The maximum atomic E-state index is 13.7. The summed E-state index contributed by atoms with van der Waals surface area (Å²) in [6.45, 7) is 1.64. The number of aryl methyl sites for hydroxylation is 1. The third-order valence-corrected chi connectivity index (χ3v) is 4.15. The van der Waals surface area contributed by atoms with Crippen LogP contribution >= 0.6 is 0 Å². The molecule has 0 spiro atoms. The number of nitrogens with zero attached hydrogens (tertiary/aromatic N) is 2. The molecule has 0 aliphatic heterocycles. The number of hydrogen-bond donors (Lipinski definition) is 3. The smallest absolute Gasteiger partial charge is 0.272 e. The number of aromatic nitrogens is 3. The molecule has 0 bridgehead atoms. The minimum Gasteiger partial charge on any atom is -0.396 e. The van der Waals surface area contributed by atoms with Crippen LogP contribution in [-0.4, -0.2) is 38.8 Å². The van der Waals surface area contributed by atoms with Crippen LogP contribution < -0.4 is 10.9 Å². The number of carbonyl (C=O) groups excluding carboxylic acids is 1. The second kappa shape index (κ2) is 7.49. The van der Waals surface area contributed by atoms with Gasteiger partial charge in [0.2, 0.25) is 0 Å². The van der Waals surface area contributed by atoms with E-state index in [0.717, 1.165) is 0 Å². The Hall–Kier alpha value is -3.00. The van der Waals surface area contributed by atoms with Gasteiger partial charge in [-0.15, -0.1) is 0 Å². The summed E-state index contributed by atoms with van der Waals surface area (Å²) in [5.41, 5.74) is 1.16. The van der Waals surface area contributed by atoms with Crippen molar-refractivity contribution in [3.05, 3.63) is 69.5 Å². The molecule has 0 radical (unpaired) electrons. The summed E-state index contributed by atoms with van der Waals surface area (Å²) in [5.74, 6) is -1.10. The number of carbonyl (C=O) groups is 1. The Balaban J connectivity index is 1.72. The predicted octanol–water partition coefficient (Wildman–Crippen LogP) is 1.05. The van der Waals surface area contributed by atoms with Gasteiger partial charge < -0.3 is 10.4 Å². The van der Waals surface area contributed by atoms with Gasteiger partial charge in [-0.1, -0.05) is 18.2 Å². The zero-order valence-electron chi connectivity index (χ0n) is 14.2. The maximum Gasteiger partial charge on any atom is 0.272 e. The third kappa shape index (κ3) is 3.65. The number of aliphatic hydroxyl groups is 1. The molecule has 136 valence electrons. The Morgan fingerprint density at radius 1 is 1.42 bits per heavy atom. The number of nitrogens with one attached hydrogen (secondary N) is 2. The van der Waals surface area contributed by atoms with Gasteiger partial charge in [0, 0.05) is 37.0 Å². The van der Waals surface area contributed by atoms with E-state index in [1.807, 2.05) is 0 Å². The topological polar surface area (TPSA) is 99.5 Å². The lowest BCUT2D eigenvalue weighted by atomic mass is 9.99. The third-order valence-electron chi connectivity index (χ3n) is 4.15. The molecule has 3 N–H and O–H groups in total. The van der Waals surface area contributed by atoms with E-state index in [0.29, 0.717) is 17.7 Å². The Kier molecular flexibility index (Phi) is 5.13. The van der Waals surface area contributed by atoms with E-state index in [4.69, 9.17) is 0 Å². The molecule has 8 heteroatoms. The number of H-pyrrole nitrogens is 1. The summed E-state index contributed by atoms with van der Waals surface area (Å²) >= 11 is 0. The fraction of sp³-hybridized carbons (Fsp3) is 0.278. The molecule has 0 aliphatic rings. The van der Waals surface area contributed by atoms with Crippen LogP contribution in [0.2, 0.25) is 0 Å². The van der Waals surface area contributed by atoms with E-state index >= 15 is 0 Å². The van der Waals surface area contributed by atoms with Crippen molar-refractivity contribution in [3.63, 3.8) is 0 Å². The Labute approximate surface area is 148 Å². The van der Waals surface area contributed by atoms with Crippen LogP contribution in [0, 0.1) is 18.7 Å². The number of aromatic amines is 1. The van der Waals surface area contributed by atoms with E-state index in [9.17, 15) is 19.1 Å². The van der Waals surface area contributed by atoms with Gasteiger partial charge in [0.1, 0.15) is 11.4 Å². The Morgan fingerprint density at radius 2 is 2.19 bits per heavy atom. The lowest BCUT2D eigenvalue weighted by Crippen LogP contribution is -2.32. The minimum absolute atomic E-state index is 0.164. The van der Waals surface area contributed by atoms with Crippen molar-refractivity contribution in [2.45, 2.75) is 13.3 Å². The highest BCUT2D eigenvalue weighted by Crippen LogP contribution is 2.13. The van der Waals surface area contributed by atoms with E-state index in [1.54, 1.807) is 25.1 Å². The summed E-state index contributed by atoms with van der Waals surface area (Å²) in [6, 6.07) is 7.70. The number of amides is 1. The van der Waals surface area contributed by atoms with Crippen LogP contribution in [0.4, 0.5) is 4.39 Å². The normalized spacial score (nSPS) is 12.3. The summed E-state index contributed by atoms with van der Waals surface area (Å²) in [7, 11) is 0. The van der Waals surface area contributed by atoms with Crippen LogP contribution in [0.25, 0.3) is 5.65 Å². The summed E-state index contributed by atoms with van der Waals surface area (Å²) < 4.78 is 14.9. The van der Waals surface area contributed by atoms with Crippen molar-refractivity contribution in [2.75, 3.05) is 13.2 Å². The van der Waals surface area contributed by atoms with Crippen molar-refractivity contribution < 1.29 is 14.3 Å². The average molecular weight is 358 g/mol. The molecule has 26 heavy (non-hydrogen) atoms. The monoisotopic (exact) mass is 358 g/mol. The SMILES string of the molecule is Cc1cc(=O)n2[nH]cc(C(=O)NCC(CO)Cc3ccccc3F)c2n1. The molecule has 2 heterocycles. The number of hydrogen-bond acceptors (Lipinski definition) is 4. The number of rotatable bonds is 6. The highest BCUT2D eigenvalue weighted by Gasteiger charge is 2.17. The summed E-state index contributed by atoms with van der Waals surface area (Å²) in [6.07, 6.45) is 1.71. The summed E-state index contributed by atoms with van der Waals surface area (Å²) in [4.78, 5) is 28.5. The molecule has 1 unspecified atom stereocenters. The number of halogens is 1.